The van der Waals surface area contributed by atoms with Crippen molar-refractivity contribution < 1.29 is 23.9 Å². The molecule has 0 amide bonds. The highest BCUT2D eigenvalue weighted by Crippen LogP contribution is 2.48. The van der Waals surface area contributed by atoms with Crippen LogP contribution >= 0.6 is 0 Å². The van der Waals surface area contributed by atoms with Crippen LogP contribution < -0.4 is 25.1 Å². The van der Waals surface area contributed by atoms with Crippen molar-refractivity contribution in [2.45, 2.75) is 24.7 Å². The lowest BCUT2D eigenvalue weighted by Gasteiger charge is -2.34. The molecule has 1 aliphatic carbocycles. The number of carbonyl (C=O) groups excluding carboxylic acids is 1. The zero-order valence-electron chi connectivity index (χ0n) is 19.8. The molecule has 2 aliphatic rings. The van der Waals surface area contributed by atoms with Crippen molar-refractivity contribution in [3.63, 3.8) is 0 Å². The molecule has 1 aliphatic heterocycles. The molecular weight excluding hydrogens is 468 g/mol. The van der Waals surface area contributed by atoms with Gasteiger partial charge in [-0.05, 0) is 35.6 Å². The van der Waals surface area contributed by atoms with Crippen LogP contribution in [0.25, 0.3) is 0 Å². The number of ether oxygens (including phenoxy) is 3. The fourth-order valence-electron chi connectivity index (χ4n) is 5.14. The number of nitrogens with zero attached hydrogens (tertiary/aromatic N) is 1. The van der Waals surface area contributed by atoms with E-state index in [1.165, 1.54) is 33.5 Å². The number of nitrogens with one attached hydrogen (secondary N) is 3. The lowest BCUT2D eigenvalue weighted by Crippen LogP contribution is -2.31. The summed E-state index contributed by atoms with van der Waals surface area (Å²) in [6.07, 6.45) is 0.653. The Hall–Kier alpha value is -4.54. The first-order valence-corrected chi connectivity index (χ1v) is 11.2. The number of anilines is 1. The van der Waals surface area contributed by atoms with Crippen LogP contribution in [-0.4, -0.2) is 42.2 Å². The Morgan fingerprint density at radius 1 is 0.944 bits per heavy atom. The van der Waals surface area contributed by atoms with Crippen LogP contribution in [0.1, 0.15) is 41.4 Å². The van der Waals surface area contributed by atoms with Crippen LogP contribution in [0.2, 0.25) is 0 Å². The van der Waals surface area contributed by atoms with Gasteiger partial charge in [-0.25, -0.2) is 0 Å². The first kappa shape index (κ1) is 23.2. The normalized spacial score (nSPS) is 18.7. The molecule has 0 bridgehead atoms. The molecule has 11 heteroatoms. The topological polar surface area (TPSA) is 149 Å². The first-order valence-electron chi connectivity index (χ1n) is 11.2. The van der Waals surface area contributed by atoms with E-state index in [9.17, 15) is 19.7 Å². The number of nitro benzene ring substituents is 1. The fraction of sp³-hybridized carbons (Fsp3) is 0.280. The molecule has 2 aromatic carbocycles. The third-order valence-corrected chi connectivity index (χ3v) is 6.75. The number of hydrogen-bond acceptors (Lipinski definition) is 8. The third kappa shape index (κ3) is 3.69. The number of hydrogen-bond donors (Lipinski definition) is 3. The summed E-state index contributed by atoms with van der Waals surface area (Å²) < 4.78 is 16.4. The van der Waals surface area contributed by atoms with Crippen LogP contribution in [0, 0.1) is 10.1 Å². The van der Waals surface area contributed by atoms with E-state index in [1.54, 1.807) is 12.1 Å². The van der Waals surface area contributed by atoms with Crippen molar-refractivity contribution in [3.05, 3.63) is 84.8 Å². The van der Waals surface area contributed by atoms with Crippen molar-refractivity contribution in [3.8, 4) is 17.2 Å². The number of nitro groups is 1. The maximum absolute atomic E-state index is 13.6. The molecule has 36 heavy (non-hydrogen) atoms. The number of H-pyrrole nitrogens is 2. The Morgan fingerprint density at radius 2 is 1.67 bits per heavy atom. The van der Waals surface area contributed by atoms with E-state index in [2.05, 4.69) is 15.5 Å². The van der Waals surface area contributed by atoms with Gasteiger partial charge in [-0.2, -0.15) is 0 Å². The smallest absolute Gasteiger partial charge is 0.270 e. The number of allylic oxidation sites excluding steroid dienone is 2. The van der Waals surface area contributed by atoms with E-state index < -0.39 is 10.8 Å². The van der Waals surface area contributed by atoms with Gasteiger partial charge in [0.2, 0.25) is 5.75 Å². The zero-order valence-corrected chi connectivity index (χ0v) is 19.8. The van der Waals surface area contributed by atoms with Crippen molar-refractivity contribution in [2.24, 2.45) is 0 Å². The maximum Gasteiger partial charge on any atom is 0.270 e. The molecule has 3 aromatic rings. The number of carbonyl (C=O) groups is 1. The SMILES string of the molecule is COc1cc([C@@H]2CC(=O)C3=C(C2)Nc2[nH][nH]c(=O)c2[C@H]3c2cccc([N+](=O)[O-])c2)cc(OC)c1OC. The second-order valence-electron chi connectivity index (χ2n) is 8.66. The van der Waals surface area contributed by atoms with E-state index in [0.717, 1.165) is 5.56 Å². The Morgan fingerprint density at radius 3 is 2.31 bits per heavy atom. The standard InChI is InChI=1S/C25H24N4O7/c1-34-18-10-14(11-19(35-2)23(18)36-3)13-8-16-21(17(30)9-13)20(22-24(26-16)27-28-25(22)31)12-5-4-6-15(7-12)29(32)33/h4-7,10-11,13,20H,8-9H2,1-3H3,(H3,26,27,28,31)/t13-,20-/m0/s1. The van der Waals surface area contributed by atoms with E-state index in [-0.39, 0.29) is 29.4 Å². The number of aromatic amines is 2. The molecule has 11 nitrogen and oxygen atoms in total. The second-order valence-corrected chi connectivity index (χ2v) is 8.66. The quantitative estimate of drug-likeness (QED) is 0.349. The molecule has 0 radical (unpaired) electrons. The molecule has 2 atom stereocenters. The fourth-order valence-corrected chi connectivity index (χ4v) is 5.14. The zero-order chi connectivity index (χ0) is 25.6. The molecule has 1 aromatic heterocycles. The number of fused-ring (bicyclic) bond motifs is 1. The van der Waals surface area contributed by atoms with Crippen LogP contribution in [0.5, 0.6) is 17.2 Å². The summed E-state index contributed by atoms with van der Waals surface area (Å²) in [6.45, 7) is 0. The van der Waals surface area contributed by atoms with Crippen molar-refractivity contribution in [2.75, 3.05) is 26.6 Å². The molecule has 0 spiro atoms. The van der Waals surface area contributed by atoms with Gasteiger partial charge >= 0.3 is 0 Å². The van der Waals surface area contributed by atoms with Gasteiger partial charge in [0, 0.05) is 35.7 Å². The number of ketones is 1. The average molecular weight is 492 g/mol. The lowest BCUT2D eigenvalue weighted by atomic mass is 9.72. The molecule has 0 saturated carbocycles. The van der Waals surface area contributed by atoms with Gasteiger partial charge < -0.3 is 19.5 Å². The predicted octanol–water partition coefficient (Wildman–Crippen LogP) is 3.60. The third-order valence-electron chi connectivity index (χ3n) is 6.75. The molecule has 0 unspecified atom stereocenters. The van der Waals surface area contributed by atoms with Gasteiger partial charge in [-0.1, -0.05) is 12.1 Å². The lowest BCUT2D eigenvalue weighted by molar-refractivity contribution is -0.384. The van der Waals surface area contributed by atoms with E-state index in [1.807, 2.05) is 12.1 Å². The summed E-state index contributed by atoms with van der Waals surface area (Å²) in [4.78, 5) is 37.3. The minimum atomic E-state index is -0.737. The monoisotopic (exact) mass is 492 g/mol. The number of benzene rings is 2. The van der Waals surface area contributed by atoms with Gasteiger partial charge in [0.1, 0.15) is 5.82 Å². The summed E-state index contributed by atoms with van der Waals surface area (Å²) in [5.41, 5.74) is 2.27. The Labute approximate surface area is 205 Å². The Kier molecular flexibility index (Phi) is 5.75. The number of non-ortho nitro benzene ring substituents is 1. The average Bonchev–Trinajstić information content (AvgIpc) is 3.26. The summed E-state index contributed by atoms with van der Waals surface area (Å²) >= 11 is 0. The van der Waals surface area contributed by atoms with Crippen molar-refractivity contribution in [1.82, 2.24) is 10.2 Å². The number of Topliss-reactive ketones (excluding diaryl/α,β-unsaturated/α-hetero) is 1. The predicted molar refractivity (Wildman–Crippen MR) is 130 cm³/mol. The number of aromatic nitrogens is 2. The number of rotatable bonds is 6. The molecule has 186 valence electrons. The van der Waals surface area contributed by atoms with Gasteiger partial charge in [0.25, 0.3) is 11.2 Å². The first-order chi connectivity index (χ1) is 17.4. The minimum Gasteiger partial charge on any atom is -0.493 e. The van der Waals surface area contributed by atoms with E-state index in [4.69, 9.17) is 14.2 Å². The minimum absolute atomic E-state index is 0.111. The Balaban J connectivity index is 1.61. The van der Waals surface area contributed by atoms with Gasteiger partial charge in [-0.15, -0.1) is 0 Å². The molecule has 2 heterocycles. The maximum atomic E-state index is 13.6. The van der Waals surface area contributed by atoms with Crippen molar-refractivity contribution in [1.29, 1.82) is 0 Å². The highest BCUT2D eigenvalue weighted by Gasteiger charge is 2.41. The van der Waals surface area contributed by atoms with Crippen molar-refractivity contribution >= 4 is 17.3 Å². The summed E-state index contributed by atoms with van der Waals surface area (Å²) in [6, 6.07) is 9.70. The summed E-state index contributed by atoms with van der Waals surface area (Å²) in [5, 5.41) is 20.0. The van der Waals surface area contributed by atoms with E-state index >= 15 is 0 Å². The highest BCUT2D eigenvalue weighted by molar-refractivity contribution is 6.01. The van der Waals surface area contributed by atoms with Crippen LogP contribution in [-0.2, 0) is 4.79 Å². The van der Waals surface area contributed by atoms with Gasteiger partial charge in [-0.3, -0.25) is 29.9 Å². The van der Waals surface area contributed by atoms with Crippen LogP contribution in [0.15, 0.2) is 52.5 Å². The number of methoxy groups -OCH3 is 3. The molecule has 0 saturated heterocycles. The summed E-state index contributed by atoms with van der Waals surface area (Å²) in [5.74, 6) is 0.792. The highest BCUT2D eigenvalue weighted by atomic mass is 16.6. The van der Waals surface area contributed by atoms with Gasteiger partial charge in [0.05, 0.1) is 31.8 Å². The molecular formula is C25H24N4O7. The molecule has 0 fully saturated rings. The van der Waals surface area contributed by atoms with Crippen LogP contribution in [0.4, 0.5) is 11.5 Å². The van der Waals surface area contributed by atoms with E-state index in [0.29, 0.717) is 51.9 Å². The largest absolute Gasteiger partial charge is 0.493 e. The van der Waals surface area contributed by atoms with Crippen LogP contribution in [0.3, 0.4) is 0 Å². The molecule has 5 rings (SSSR count). The second kappa shape index (κ2) is 8.91. The summed E-state index contributed by atoms with van der Waals surface area (Å²) in [7, 11) is 4.59. The Bertz CT molecular complexity index is 1440. The van der Waals surface area contributed by atoms with Gasteiger partial charge in [0.15, 0.2) is 17.3 Å². The molecule has 3 N–H and O–H groups in total.